The third kappa shape index (κ3) is 4.01. The van der Waals surface area contributed by atoms with E-state index in [1.807, 2.05) is 12.1 Å². The summed E-state index contributed by atoms with van der Waals surface area (Å²) in [7, 11) is 0. The lowest BCUT2D eigenvalue weighted by atomic mass is 10.0. The molecule has 1 atom stereocenters. The Balaban J connectivity index is 1.70. The summed E-state index contributed by atoms with van der Waals surface area (Å²) in [6.07, 6.45) is 0.988. The van der Waals surface area contributed by atoms with Gasteiger partial charge in [0, 0.05) is 5.92 Å². The quantitative estimate of drug-likeness (QED) is 0.692. The summed E-state index contributed by atoms with van der Waals surface area (Å²) in [5.41, 5.74) is 2.68. The summed E-state index contributed by atoms with van der Waals surface area (Å²) in [5, 5.41) is 0. The van der Waals surface area contributed by atoms with Gasteiger partial charge in [-0.25, -0.2) is 0 Å². The van der Waals surface area contributed by atoms with E-state index in [-0.39, 0.29) is 0 Å². The van der Waals surface area contributed by atoms with E-state index >= 15 is 0 Å². The van der Waals surface area contributed by atoms with E-state index in [2.05, 4.69) is 55.5 Å². The van der Waals surface area contributed by atoms with Crippen LogP contribution in [0.1, 0.15) is 24.0 Å². The predicted octanol–water partition coefficient (Wildman–Crippen LogP) is 4.05. The fourth-order valence-electron chi connectivity index (χ4n) is 1.97. The van der Waals surface area contributed by atoms with Crippen LogP contribution in [0, 0.1) is 0 Å². The van der Waals surface area contributed by atoms with E-state index in [1.54, 1.807) is 0 Å². The van der Waals surface area contributed by atoms with Crippen LogP contribution in [0.4, 0.5) is 0 Å². The molecule has 2 aromatic rings. The van der Waals surface area contributed by atoms with Crippen molar-refractivity contribution in [3.05, 3.63) is 71.8 Å². The lowest BCUT2D eigenvalue weighted by Gasteiger charge is -2.12. The molecule has 0 saturated heterocycles. The summed E-state index contributed by atoms with van der Waals surface area (Å²) >= 11 is 0. The minimum atomic E-state index is 0.460. The van der Waals surface area contributed by atoms with E-state index in [0.717, 1.165) is 19.6 Å². The second kappa shape index (κ2) is 6.97. The number of benzene rings is 2. The molecule has 0 aliphatic heterocycles. The molecule has 0 aromatic heterocycles. The number of rotatable bonds is 6. The van der Waals surface area contributed by atoms with Gasteiger partial charge in [-0.05, 0) is 17.5 Å². The molecule has 0 heterocycles. The first-order valence-electron chi connectivity index (χ1n) is 6.53. The van der Waals surface area contributed by atoms with Gasteiger partial charge in [-0.2, -0.15) is 0 Å². The molecule has 0 spiro atoms. The molecule has 0 amide bonds. The Kier molecular flexibility index (Phi) is 4.98. The Labute approximate surface area is 109 Å². The summed E-state index contributed by atoms with van der Waals surface area (Å²) in [4.78, 5) is 0. The Bertz CT molecular complexity index is 436. The Morgan fingerprint density at radius 3 is 2.17 bits per heavy atom. The second-order valence-corrected chi connectivity index (χ2v) is 4.62. The third-order valence-corrected chi connectivity index (χ3v) is 3.11. The van der Waals surface area contributed by atoms with Gasteiger partial charge < -0.3 is 4.74 Å². The summed E-state index contributed by atoms with van der Waals surface area (Å²) < 4.78 is 5.75. The van der Waals surface area contributed by atoms with Crippen LogP contribution in [0.3, 0.4) is 0 Å². The molecule has 0 saturated carbocycles. The lowest BCUT2D eigenvalue weighted by molar-refractivity contribution is 0.126. The van der Waals surface area contributed by atoms with Gasteiger partial charge in [-0.3, -0.25) is 0 Å². The minimum Gasteiger partial charge on any atom is -0.380 e. The average Bonchev–Trinajstić information content (AvgIpc) is 2.45. The molecular weight excluding hydrogens is 220 g/mol. The predicted molar refractivity (Wildman–Crippen MR) is 75.8 cm³/mol. The Hall–Kier alpha value is -1.60. The molecule has 0 aliphatic rings. The first-order valence-corrected chi connectivity index (χ1v) is 6.53. The molecule has 0 radical (unpaired) electrons. The molecule has 1 nitrogen and oxygen atoms in total. The molecule has 0 unspecified atom stereocenters. The van der Waals surface area contributed by atoms with Gasteiger partial charge in [0.05, 0.1) is 13.2 Å². The lowest BCUT2D eigenvalue weighted by Crippen LogP contribution is -2.06. The molecule has 0 N–H and O–H groups in total. The fourth-order valence-corrected chi connectivity index (χ4v) is 1.97. The van der Waals surface area contributed by atoms with Crippen molar-refractivity contribution in [3.63, 3.8) is 0 Å². The van der Waals surface area contributed by atoms with Crippen LogP contribution in [-0.4, -0.2) is 13.2 Å². The van der Waals surface area contributed by atoms with Crippen LogP contribution < -0.4 is 0 Å². The van der Waals surface area contributed by atoms with Gasteiger partial charge in [0.1, 0.15) is 0 Å². The zero-order valence-electron chi connectivity index (χ0n) is 10.9. The number of hydrogen-bond donors (Lipinski definition) is 0. The SMILES string of the molecule is C[C@H](COCCc1ccccc1)c1ccccc1. The van der Waals surface area contributed by atoms with Crippen molar-refractivity contribution >= 4 is 0 Å². The maximum absolute atomic E-state index is 5.75. The summed E-state index contributed by atoms with van der Waals surface area (Å²) in [6, 6.07) is 21.0. The molecule has 94 valence electrons. The molecule has 0 fully saturated rings. The van der Waals surface area contributed by atoms with Crippen LogP contribution in [-0.2, 0) is 11.2 Å². The molecule has 0 aliphatic carbocycles. The second-order valence-electron chi connectivity index (χ2n) is 4.62. The monoisotopic (exact) mass is 240 g/mol. The van der Waals surface area contributed by atoms with Crippen LogP contribution in [0.2, 0.25) is 0 Å². The van der Waals surface area contributed by atoms with Crippen molar-refractivity contribution in [2.24, 2.45) is 0 Å². The van der Waals surface area contributed by atoms with Crippen molar-refractivity contribution in [1.29, 1.82) is 0 Å². The normalized spacial score (nSPS) is 12.3. The van der Waals surface area contributed by atoms with Gasteiger partial charge in [0.15, 0.2) is 0 Å². The third-order valence-electron chi connectivity index (χ3n) is 3.11. The number of ether oxygens (including phenoxy) is 1. The van der Waals surface area contributed by atoms with Crippen molar-refractivity contribution in [1.82, 2.24) is 0 Å². The number of hydrogen-bond acceptors (Lipinski definition) is 1. The fraction of sp³-hybridized carbons (Fsp3) is 0.294. The van der Waals surface area contributed by atoms with Gasteiger partial charge in [-0.1, -0.05) is 67.6 Å². The summed E-state index contributed by atoms with van der Waals surface area (Å²) in [6.45, 7) is 3.79. The van der Waals surface area contributed by atoms with E-state index in [0.29, 0.717) is 5.92 Å². The molecule has 0 bridgehead atoms. The highest BCUT2D eigenvalue weighted by Gasteiger charge is 2.04. The van der Waals surface area contributed by atoms with Gasteiger partial charge in [-0.15, -0.1) is 0 Å². The summed E-state index contributed by atoms with van der Waals surface area (Å²) in [5.74, 6) is 0.460. The Morgan fingerprint density at radius 2 is 1.50 bits per heavy atom. The van der Waals surface area contributed by atoms with E-state index in [1.165, 1.54) is 11.1 Å². The van der Waals surface area contributed by atoms with E-state index < -0.39 is 0 Å². The van der Waals surface area contributed by atoms with Gasteiger partial charge in [0.25, 0.3) is 0 Å². The van der Waals surface area contributed by atoms with Gasteiger partial charge >= 0.3 is 0 Å². The first kappa shape index (κ1) is 12.8. The topological polar surface area (TPSA) is 9.23 Å². The highest BCUT2D eigenvalue weighted by atomic mass is 16.5. The van der Waals surface area contributed by atoms with Crippen molar-refractivity contribution < 1.29 is 4.74 Å². The maximum Gasteiger partial charge on any atom is 0.0532 e. The molecule has 2 rings (SSSR count). The van der Waals surface area contributed by atoms with Crippen molar-refractivity contribution in [3.8, 4) is 0 Å². The maximum atomic E-state index is 5.75. The molecule has 1 heteroatoms. The van der Waals surface area contributed by atoms with Crippen LogP contribution in [0.5, 0.6) is 0 Å². The van der Waals surface area contributed by atoms with E-state index in [4.69, 9.17) is 4.74 Å². The van der Waals surface area contributed by atoms with E-state index in [9.17, 15) is 0 Å². The zero-order valence-corrected chi connectivity index (χ0v) is 10.9. The largest absolute Gasteiger partial charge is 0.380 e. The van der Waals surface area contributed by atoms with Crippen molar-refractivity contribution in [2.75, 3.05) is 13.2 Å². The van der Waals surface area contributed by atoms with Crippen LogP contribution in [0.25, 0.3) is 0 Å². The molecule has 2 aromatic carbocycles. The molecular formula is C17H20O. The zero-order chi connectivity index (χ0) is 12.6. The highest BCUT2D eigenvalue weighted by Crippen LogP contribution is 2.14. The average molecular weight is 240 g/mol. The molecule has 18 heavy (non-hydrogen) atoms. The van der Waals surface area contributed by atoms with Crippen LogP contribution in [0.15, 0.2) is 60.7 Å². The van der Waals surface area contributed by atoms with Crippen molar-refractivity contribution in [2.45, 2.75) is 19.3 Å². The minimum absolute atomic E-state index is 0.460. The first-order chi connectivity index (χ1) is 8.86. The standard InChI is InChI=1S/C17H20O/c1-15(17-10-6-3-7-11-17)14-18-13-12-16-8-4-2-5-9-16/h2-11,15H,12-14H2,1H3/t15-/m1/s1. The Morgan fingerprint density at radius 1 is 0.889 bits per heavy atom. The van der Waals surface area contributed by atoms with Crippen LogP contribution >= 0.6 is 0 Å². The van der Waals surface area contributed by atoms with Gasteiger partial charge in [0.2, 0.25) is 0 Å². The smallest absolute Gasteiger partial charge is 0.0532 e. The highest BCUT2D eigenvalue weighted by molar-refractivity contribution is 5.18.